The minimum Gasteiger partial charge on any atom is -0.485 e. The summed E-state index contributed by atoms with van der Waals surface area (Å²) in [6.45, 7) is 0.411. The molecule has 1 atom stereocenters. The summed E-state index contributed by atoms with van der Waals surface area (Å²) in [5.41, 5.74) is 2.03. The Morgan fingerprint density at radius 2 is 1.90 bits per heavy atom. The van der Waals surface area contributed by atoms with Crippen molar-refractivity contribution in [1.82, 2.24) is 19.7 Å². The van der Waals surface area contributed by atoms with E-state index < -0.39 is 0 Å². The number of hydrogen-bond acceptors (Lipinski definition) is 8. The summed E-state index contributed by atoms with van der Waals surface area (Å²) >= 11 is 3.19. The second kappa shape index (κ2) is 8.37. The molecule has 0 fully saturated rings. The summed E-state index contributed by atoms with van der Waals surface area (Å²) in [6.07, 6.45) is -0.285. The van der Waals surface area contributed by atoms with Gasteiger partial charge in [0.1, 0.15) is 6.61 Å². The van der Waals surface area contributed by atoms with Gasteiger partial charge in [0.25, 0.3) is 0 Å². The van der Waals surface area contributed by atoms with Crippen LogP contribution < -0.4 is 14.8 Å². The van der Waals surface area contributed by atoms with Crippen LogP contribution in [0.5, 0.6) is 11.5 Å². The zero-order valence-corrected chi connectivity index (χ0v) is 17.8. The summed E-state index contributed by atoms with van der Waals surface area (Å²) in [4.78, 5) is 4.66. The van der Waals surface area contributed by atoms with E-state index in [-0.39, 0.29) is 6.10 Å². The highest BCUT2D eigenvalue weighted by Crippen LogP contribution is 2.36. The Morgan fingerprint density at radius 1 is 1.10 bits per heavy atom. The van der Waals surface area contributed by atoms with Crippen LogP contribution in [-0.4, -0.2) is 26.4 Å². The van der Waals surface area contributed by atoms with E-state index in [2.05, 4.69) is 25.9 Å². The van der Waals surface area contributed by atoms with Crippen molar-refractivity contribution in [3.8, 4) is 11.5 Å². The van der Waals surface area contributed by atoms with Gasteiger partial charge in [-0.25, -0.2) is 4.98 Å². The third-order valence-electron chi connectivity index (χ3n) is 4.59. The van der Waals surface area contributed by atoms with Crippen LogP contribution in [0.4, 0.5) is 10.8 Å². The third-order valence-corrected chi connectivity index (χ3v) is 6.45. The fraction of sp³-hybridized carbons (Fsp3) is 0.190. The van der Waals surface area contributed by atoms with Crippen molar-refractivity contribution in [2.24, 2.45) is 7.05 Å². The number of nitrogens with one attached hydrogen (secondary N) is 1. The quantitative estimate of drug-likeness (QED) is 0.434. The van der Waals surface area contributed by atoms with Crippen LogP contribution >= 0.6 is 23.1 Å². The number of fused-ring (bicyclic) bond motifs is 1. The minimum atomic E-state index is -0.285. The zero-order valence-electron chi connectivity index (χ0n) is 16.2. The molecule has 5 rings (SSSR count). The number of thiazole rings is 1. The van der Waals surface area contributed by atoms with E-state index >= 15 is 0 Å². The Hall–Kier alpha value is -3.04. The lowest BCUT2D eigenvalue weighted by atomic mass is 10.2. The molecule has 1 aliphatic rings. The van der Waals surface area contributed by atoms with Crippen LogP contribution in [0.25, 0.3) is 0 Å². The fourth-order valence-corrected chi connectivity index (χ4v) is 4.74. The smallest absolute Gasteiger partial charge is 0.192 e. The number of benzene rings is 2. The van der Waals surface area contributed by atoms with Crippen molar-refractivity contribution in [3.05, 3.63) is 71.5 Å². The fourth-order valence-electron chi connectivity index (χ4n) is 3.09. The second-order valence-corrected chi connectivity index (χ2v) is 8.49. The molecule has 7 nitrogen and oxygen atoms in total. The van der Waals surface area contributed by atoms with Gasteiger partial charge in [0.05, 0.1) is 5.69 Å². The molecule has 1 aliphatic heterocycles. The monoisotopic (exact) mass is 437 g/mol. The van der Waals surface area contributed by atoms with Crippen molar-refractivity contribution in [1.29, 1.82) is 0 Å². The average molecular weight is 438 g/mol. The Morgan fingerprint density at radius 3 is 2.77 bits per heavy atom. The van der Waals surface area contributed by atoms with Crippen LogP contribution in [-0.2, 0) is 12.8 Å². The molecule has 9 heteroatoms. The highest BCUT2D eigenvalue weighted by molar-refractivity contribution is 7.98. The number of anilines is 2. The maximum atomic E-state index is 6.06. The number of nitrogens with zero attached hydrogens (tertiary/aromatic N) is 4. The second-order valence-electron chi connectivity index (χ2n) is 6.69. The van der Waals surface area contributed by atoms with Crippen LogP contribution in [0, 0.1) is 0 Å². The number of thioether (sulfide) groups is 1. The van der Waals surface area contributed by atoms with E-state index in [1.165, 1.54) is 0 Å². The zero-order chi connectivity index (χ0) is 20.3. The summed E-state index contributed by atoms with van der Waals surface area (Å²) in [6, 6.07) is 17.7. The first kappa shape index (κ1) is 19.0. The Kier molecular flexibility index (Phi) is 5.29. The number of rotatable bonds is 6. The highest BCUT2D eigenvalue weighted by atomic mass is 32.2. The Balaban J connectivity index is 1.23. The van der Waals surface area contributed by atoms with Gasteiger partial charge in [0, 0.05) is 23.9 Å². The minimum absolute atomic E-state index is 0.285. The van der Waals surface area contributed by atoms with E-state index in [4.69, 9.17) is 9.47 Å². The van der Waals surface area contributed by atoms with Crippen molar-refractivity contribution < 1.29 is 9.47 Å². The van der Waals surface area contributed by atoms with Crippen LogP contribution in [0.15, 0.2) is 65.1 Å². The molecule has 0 saturated carbocycles. The van der Waals surface area contributed by atoms with Gasteiger partial charge in [0.2, 0.25) is 0 Å². The van der Waals surface area contributed by atoms with Crippen molar-refractivity contribution in [3.63, 3.8) is 0 Å². The molecule has 152 valence electrons. The van der Waals surface area contributed by atoms with Gasteiger partial charge >= 0.3 is 0 Å². The number of ether oxygens (including phenoxy) is 2. The van der Waals surface area contributed by atoms with Gasteiger partial charge in [-0.05, 0) is 24.3 Å². The molecule has 0 radical (unpaired) electrons. The van der Waals surface area contributed by atoms with Crippen LogP contribution in [0.1, 0.15) is 17.6 Å². The van der Waals surface area contributed by atoms with Crippen molar-refractivity contribution >= 4 is 33.9 Å². The van der Waals surface area contributed by atoms with Gasteiger partial charge in [0.15, 0.2) is 33.7 Å². The van der Waals surface area contributed by atoms with E-state index in [1.807, 2.05) is 66.2 Å². The topological polar surface area (TPSA) is 74.1 Å². The summed E-state index contributed by atoms with van der Waals surface area (Å²) in [5, 5.41) is 15.8. The molecular weight excluding hydrogens is 418 g/mol. The van der Waals surface area contributed by atoms with Gasteiger partial charge in [-0.3, -0.25) is 0 Å². The predicted octanol–water partition coefficient (Wildman–Crippen LogP) is 4.82. The Labute approximate surface area is 182 Å². The van der Waals surface area contributed by atoms with E-state index in [0.717, 1.165) is 39.0 Å². The summed E-state index contributed by atoms with van der Waals surface area (Å²) in [7, 11) is 1.95. The van der Waals surface area contributed by atoms with E-state index in [0.29, 0.717) is 12.4 Å². The van der Waals surface area contributed by atoms with Gasteiger partial charge in [-0.1, -0.05) is 42.1 Å². The SMILES string of the molecule is Cn1c(SCc2csc(Nc3ccccc3)n2)nnc1C1COc2ccccc2O1. The highest BCUT2D eigenvalue weighted by Gasteiger charge is 2.27. The van der Waals surface area contributed by atoms with E-state index in [9.17, 15) is 0 Å². The lowest BCUT2D eigenvalue weighted by Gasteiger charge is -2.25. The molecule has 1 unspecified atom stereocenters. The number of para-hydroxylation sites is 3. The molecule has 0 amide bonds. The Bertz CT molecular complexity index is 1150. The van der Waals surface area contributed by atoms with Crippen LogP contribution in [0.2, 0.25) is 0 Å². The first-order chi connectivity index (χ1) is 14.8. The molecule has 0 spiro atoms. The van der Waals surface area contributed by atoms with Gasteiger partial charge in [-0.15, -0.1) is 21.5 Å². The van der Waals surface area contributed by atoms with E-state index in [1.54, 1.807) is 23.1 Å². The summed E-state index contributed by atoms with van der Waals surface area (Å²) < 4.78 is 13.8. The third kappa shape index (κ3) is 3.99. The normalized spacial score (nSPS) is 15.2. The average Bonchev–Trinajstić information content (AvgIpc) is 3.38. The number of hydrogen-bond donors (Lipinski definition) is 1. The van der Waals surface area contributed by atoms with Gasteiger partial charge < -0.3 is 19.4 Å². The molecule has 0 saturated heterocycles. The lowest BCUT2D eigenvalue weighted by molar-refractivity contribution is 0.0825. The maximum absolute atomic E-state index is 6.06. The summed E-state index contributed by atoms with van der Waals surface area (Å²) in [5.74, 6) is 2.95. The largest absolute Gasteiger partial charge is 0.485 e. The molecule has 4 aromatic rings. The lowest BCUT2D eigenvalue weighted by Crippen LogP contribution is -2.24. The number of aromatic nitrogens is 4. The maximum Gasteiger partial charge on any atom is 0.192 e. The molecule has 0 bridgehead atoms. The predicted molar refractivity (Wildman–Crippen MR) is 118 cm³/mol. The molecule has 2 aromatic carbocycles. The first-order valence-corrected chi connectivity index (χ1v) is 11.3. The van der Waals surface area contributed by atoms with Crippen molar-refractivity contribution in [2.45, 2.75) is 17.0 Å². The van der Waals surface area contributed by atoms with Crippen LogP contribution in [0.3, 0.4) is 0 Å². The van der Waals surface area contributed by atoms with Gasteiger partial charge in [-0.2, -0.15) is 0 Å². The first-order valence-electron chi connectivity index (χ1n) is 9.43. The molecule has 1 N–H and O–H groups in total. The molecule has 30 heavy (non-hydrogen) atoms. The molecular formula is C21H19N5O2S2. The molecule has 3 heterocycles. The molecule has 0 aliphatic carbocycles. The standard InChI is InChI=1S/C21H19N5O2S2/c1-26-19(18-11-27-16-9-5-6-10-17(16)28-18)24-25-21(26)30-13-15-12-29-20(23-15)22-14-7-3-2-4-8-14/h2-10,12,18H,11,13H2,1H3,(H,22,23). The van der Waals surface area contributed by atoms with Crippen molar-refractivity contribution in [2.75, 3.05) is 11.9 Å². The molecule has 2 aromatic heterocycles.